The maximum Gasteiger partial charge on any atom is 0.286 e. The van der Waals surface area contributed by atoms with Crippen LogP contribution in [0.3, 0.4) is 0 Å². The lowest BCUT2D eigenvalue weighted by atomic mass is 9.92. The highest BCUT2D eigenvalue weighted by molar-refractivity contribution is 5.60. The van der Waals surface area contributed by atoms with Crippen molar-refractivity contribution in [1.82, 2.24) is 19.9 Å². The van der Waals surface area contributed by atoms with Crippen LogP contribution in [0.25, 0.3) is 11.5 Å². The minimum Gasteiger partial charge on any atom is -0.351 e. The van der Waals surface area contributed by atoms with Crippen LogP contribution in [-0.4, -0.2) is 31.9 Å². The molecule has 0 saturated heterocycles. The first kappa shape index (κ1) is 24.3. The predicted octanol–water partition coefficient (Wildman–Crippen LogP) is 5.79. The van der Waals surface area contributed by atoms with Crippen LogP contribution in [-0.2, 0) is 5.92 Å². The van der Waals surface area contributed by atoms with Gasteiger partial charge >= 0.3 is 0 Å². The average molecular weight is 489 g/mol. The van der Waals surface area contributed by atoms with Crippen LogP contribution in [0.15, 0.2) is 36.4 Å². The first-order valence-corrected chi connectivity index (χ1v) is 10.7. The Hall–Kier alpha value is -3.88. The van der Waals surface area contributed by atoms with Crippen molar-refractivity contribution in [3.63, 3.8) is 0 Å². The van der Waals surface area contributed by atoms with Crippen LogP contribution in [0, 0.1) is 17.1 Å². The molecule has 0 atom stereocenters. The number of aromatic nitrogens is 4. The predicted molar refractivity (Wildman–Crippen MR) is 118 cm³/mol. The SMILES string of the molecule is CC(F)(F)c1cccc(-c2nc(Nc3cc(F)cc(C#N)c3)nc(NC3CCC(F)(F)CC3)n2)n1. The summed E-state index contributed by atoms with van der Waals surface area (Å²) >= 11 is 0. The van der Waals surface area contributed by atoms with Gasteiger partial charge in [0, 0.05) is 31.5 Å². The van der Waals surface area contributed by atoms with Crippen LogP contribution in [0.1, 0.15) is 43.9 Å². The Morgan fingerprint density at radius 1 is 1.03 bits per heavy atom. The van der Waals surface area contributed by atoms with Crippen molar-refractivity contribution in [1.29, 1.82) is 5.26 Å². The van der Waals surface area contributed by atoms with Gasteiger partial charge in [-0.15, -0.1) is 0 Å². The molecule has 1 aromatic carbocycles. The van der Waals surface area contributed by atoms with E-state index < -0.39 is 23.4 Å². The van der Waals surface area contributed by atoms with Crippen molar-refractivity contribution in [2.45, 2.75) is 50.5 Å². The summed E-state index contributed by atoms with van der Waals surface area (Å²) in [5.74, 6) is -6.71. The second-order valence-corrected chi connectivity index (χ2v) is 8.34. The van der Waals surface area contributed by atoms with Crippen LogP contribution < -0.4 is 10.6 Å². The molecular weight excluding hydrogens is 469 g/mol. The van der Waals surface area contributed by atoms with Gasteiger partial charge in [0.25, 0.3) is 5.92 Å². The van der Waals surface area contributed by atoms with Gasteiger partial charge in [-0.25, -0.2) is 18.2 Å². The summed E-state index contributed by atoms with van der Waals surface area (Å²) in [4.78, 5) is 16.7. The quantitative estimate of drug-likeness (QED) is 0.423. The Kier molecular flexibility index (Phi) is 6.51. The molecule has 2 N–H and O–H groups in total. The minimum absolute atomic E-state index is 0.0140. The molecule has 0 aliphatic heterocycles. The molecule has 0 bridgehead atoms. The lowest BCUT2D eigenvalue weighted by molar-refractivity contribution is -0.0361. The van der Waals surface area contributed by atoms with Gasteiger partial charge < -0.3 is 10.6 Å². The minimum atomic E-state index is -3.20. The summed E-state index contributed by atoms with van der Waals surface area (Å²) in [5, 5.41) is 14.9. The molecule has 1 saturated carbocycles. The summed E-state index contributed by atoms with van der Waals surface area (Å²) in [6, 6.07) is 9.04. The maximum absolute atomic E-state index is 13.9. The Labute approximate surface area is 197 Å². The number of benzene rings is 1. The van der Waals surface area contributed by atoms with E-state index in [1.54, 1.807) is 0 Å². The standard InChI is InChI=1S/C23H20F5N7/c1-22(25,26)18-4-2-3-17(32-18)19-33-20(30-15-5-7-23(27,28)8-6-15)35-21(34-19)31-16-10-13(12-29)9-14(24)11-16/h2-4,9-11,15H,5-8H2,1H3,(H2,30,31,33,34,35). The maximum atomic E-state index is 13.9. The molecule has 1 aliphatic rings. The fourth-order valence-electron chi connectivity index (χ4n) is 3.64. The highest BCUT2D eigenvalue weighted by Gasteiger charge is 2.35. The molecule has 182 valence electrons. The van der Waals surface area contributed by atoms with Crippen molar-refractivity contribution < 1.29 is 22.0 Å². The molecule has 0 radical (unpaired) electrons. The summed E-state index contributed by atoms with van der Waals surface area (Å²) in [5.41, 5.74) is -0.228. The molecule has 0 amide bonds. The van der Waals surface area contributed by atoms with Crippen LogP contribution in [0.4, 0.5) is 39.5 Å². The van der Waals surface area contributed by atoms with Crippen molar-refractivity contribution in [3.05, 3.63) is 53.5 Å². The number of anilines is 3. The summed E-state index contributed by atoms with van der Waals surface area (Å²) < 4.78 is 68.6. The number of alkyl halides is 4. The van der Waals surface area contributed by atoms with Gasteiger partial charge in [0.1, 0.15) is 17.2 Å². The highest BCUT2D eigenvalue weighted by Crippen LogP contribution is 2.34. The first-order valence-electron chi connectivity index (χ1n) is 10.7. The number of nitrogens with zero attached hydrogens (tertiary/aromatic N) is 5. The summed E-state index contributed by atoms with van der Waals surface area (Å²) in [7, 11) is 0. The molecule has 1 aliphatic carbocycles. The lowest BCUT2D eigenvalue weighted by Gasteiger charge is -2.28. The van der Waals surface area contributed by atoms with Gasteiger partial charge in [-0.2, -0.15) is 29.0 Å². The second-order valence-electron chi connectivity index (χ2n) is 8.34. The van der Waals surface area contributed by atoms with E-state index in [0.29, 0.717) is 6.92 Å². The zero-order valence-corrected chi connectivity index (χ0v) is 18.5. The Morgan fingerprint density at radius 2 is 1.74 bits per heavy atom. The summed E-state index contributed by atoms with van der Waals surface area (Å²) in [6.45, 7) is 0.710. The van der Waals surface area contributed by atoms with E-state index in [2.05, 4.69) is 30.6 Å². The number of nitriles is 1. The zero-order chi connectivity index (χ0) is 25.2. The van der Waals surface area contributed by atoms with Crippen LogP contribution in [0.5, 0.6) is 0 Å². The van der Waals surface area contributed by atoms with E-state index in [1.807, 2.05) is 6.07 Å². The molecule has 2 heterocycles. The first-order chi connectivity index (χ1) is 16.5. The van der Waals surface area contributed by atoms with Gasteiger partial charge in [-0.1, -0.05) is 6.07 Å². The van der Waals surface area contributed by atoms with Crippen LogP contribution in [0.2, 0.25) is 0 Å². The third-order valence-electron chi connectivity index (χ3n) is 5.40. The molecule has 3 aromatic rings. The van der Waals surface area contributed by atoms with Crippen LogP contribution >= 0.6 is 0 Å². The van der Waals surface area contributed by atoms with E-state index >= 15 is 0 Å². The highest BCUT2D eigenvalue weighted by atomic mass is 19.3. The molecule has 4 rings (SSSR count). The number of rotatable bonds is 6. The van der Waals surface area contributed by atoms with Gasteiger partial charge in [0.15, 0.2) is 5.82 Å². The zero-order valence-electron chi connectivity index (χ0n) is 18.5. The average Bonchev–Trinajstić information content (AvgIpc) is 2.79. The second kappa shape index (κ2) is 9.40. The molecular formula is C23H20F5N7. The largest absolute Gasteiger partial charge is 0.351 e. The van der Waals surface area contributed by atoms with Gasteiger partial charge in [0.05, 0.1) is 11.6 Å². The third kappa shape index (κ3) is 6.17. The lowest BCUT2D eigenvalue weighted by Crippen LogP contribution is -2.32. The Balaban J connectivity index is 1.70. The number of hydrogen-bond acceptors (Lipinski definition) is 7. The normalized spacial score (nSPS) is 15.9. The number of nitrogens with one attached hydrogen (secondary N) is 2. The summed E-state index contributed by atoms with van der Waals surface area (Å²) in [6.07, 6.45) is -0.212. The van der Waals surface area contributed by atoms with Crippen molar-refractivity contribution >= 4 is 17.6 Å². The smallest absolute Gasteiger partial charge is 0.286 e. The van der Waals surface area contributed by atoms with Gasteiger partial charge in [-0.05, 0) is 43.2 Å². The monoisotopic (exact) mass is 489 g/mol. The van der Waals surface area contributed by atoms with Gasteiger partial charge in [0.2, 0.25) is 17.8 Å². The number of hydrogen-bond donors (Lipinski definition) is 2. The fourth-order valence-corrected chi connectivity index (χ4v) is 3.64. The van der Waals surface area contributed by atoms with E-state index in [-0.39, 0.29) is 66.4 Å². The molecule has 0 unspecified atom stereocenters. The van der Waals surface area contributed by atoms with Crippen molar-refractivity contribution in [2.24, 2.45) is 0 Å². The van der Waals surface area contributed by atoms with E-state index in [9.17, 15) is 22.0 Å². The molecule has 0 spiro atoms. The molecule has 7 nitrogen and oxygen atoms in total. The van der Waals surface area contributed by atoms with E-state index in [4.69, 9.17) is 5.26 Å². The van der Waals surface area contributed by atoms with E-state index in [1.165, 1.54) is 24.3 Å². The third-order valence-corrected chi connectivity index (χ3v) is 5.40. The van der Waals surface area contributed by atoms with Crippen molar-refractivity contribution in [3.8, 4) is 17.6 Å². The fraction of sp³-hybridized carbons (Fsp3) is 0.348. The topological polar surface area (TPSA) is 99.4 Å². The Bertz CT molecular complexity index is 1260. The van der Waals surface area contributed by atoms with E-state index in [0.717, 1.165) is 12.1 Å². The molecule has 35 heavy (non-hydrogen) atoms. The molecule has 2 aromatic heterocycles. The molecule has 1 fully saturated rings. The molecule has 12 heteroatoms. The number of halogens is 5. The number of pyridine rings is 1. The Morgan fingerprint density at radius 3 is 2.43 bits per heavy atom. The van der Waals surface area contributed by atoms with Gasteiger partial charge in [-0.3, -0.25) is 0 Å². The van der Waals surface area contributed by atoms with Crippen molar-refractivity contribution in [2.75, 3.05) is 10.6 Å².